The Morgan fingerprint density at radius 3 is 2.88 bits per heavy atom. The van der Waals surface area contributed by atoms with Gasteiger partial charge in [0.25, 0.3) is 0 Å². The molecule has 1 unspecified atom stereocenters. The summed E-state index contributed by atoms with van der Waals surface area (Å²) in [6, 6.07) is 3.88. The number of hydrogen-bond acceptors (Lipinski definition) is 5. The van der Waals surface area contributed by atoms with E-state index in [0.717, 1.165) is 17.1 Å². The lowest BCUT2D eigenvalue weighted by atomic mass is 10.2. The number of furan rings is 1. The van der Waals surface area contributed by atoms with E-state index in [1.807, 2.05) is 26.0 Å². The normalized spacial score (nSPS) is 12.2. The van der Waals surface area contributed by atoms with Gasteiger partial charge in [0, 0.05) is 18.8 Å². The predicted octanol–water partition coefficient (Wildman–Crippen LogP) is 2.59. The highest BCUT2D eigenvalue weighted by Gasteiger charge is 2.10. The summed E-state index contributed by atoms with van der Waals surface area (Å²) in [5.41, 5.74) is 1.00. The highest BCUT2D eigenvalue weighted by molar-refractivity contribution is 5.47. The van der Waals surface area contributed by atoms with E-state index in [2.05, 4.69) is 20.6 Å². The summed E-state index contributed by atoms with van der Waals surface area (Å²) in [5.74, 6) is 2.30. The zero-order chi connectivity index (χ0) is 12.3. The number of nitrogens with zero attached hydrogens (tertiary/aromatic N) is 2. The van der Waals surface area contributed by atoms with Crippen molar-refractivity contribution in [3.8, 4) is 0 Å². The molecule has 2 aromatic rings. The summed E-state index contributed by atoms with van der Waals surface area (Å²) < 4.78 is 5.34. The molecule has 0 saturated heterocycles. The first-order valence-corrected chi connectivity index (χ1v) is 5.52. The maximum atomic E-state index is 5.34. The molecular formula is C12H16N4O. The Balaban J connectivity index is 2.18. The summed E-state index contributed by atoms with van der Waals surface area (Å²) in [6.07, 6.45) is 3.45. The van der Waals surface area contributed by atoms with Crippen LogP contribution in [0, 0.1) is 6.92 Å². The second kappa shape index (κ2) is 4.86. The highest BCUT2D eigenvalue weighted by Crippen LogP contribution is 2.20. The van der Waals surface area contributed by atoms with Crippen molar-refractivity contribution in [3.63, 3.8) is 0 Å². The monoisotopic (exact) mass is 232 g/mol. The van der Waals surface area contributed by atoms with Crippen LogP contribution in [0.4, 0.5) is 11.8 Å². The van der Waals surface area contributed by atoms with Crippen LogP contribution in [0.1, 0.15) is 24.3 Å². The van der Waals surface area contributed by atoms with Crippen molar-refractivity contribution in [2.45, 2.75) is 19.9 Å². The van der Waals surface area contributed by atoms with Crippen LogP contribution in [0.25, 0.3) is 0 Å². The molecule has 17 heavy (non-hydrogen) atoms. The summed E-state index contributed by atoms with van der Waals surface area (Å²) >= 11 is 0. The van der Waals surface area contributed by atoms with Crippen LogP contribution in [0.15, 0.2) is 29.0 Å². The molecule has 0 aliphatic heterocycles. The zero-order valence-electron chi connectivity index (χ0n) is 10.2. The van der Waals surface area contributed by atoms with Gasteiger partial charge < -0.3 is 15.1 Å². The first kappa shape index (κ1) is 11.4. The van der Waals surface area contributed by atoms with Crippen molar-refractivity contribution >= 4 is 11.8 Å². The maximum Gasteiger partial charge on any atom is 0.224 e. The molecule has 5 nitrogen and oxygen atoms in total. The Kier molecular flexibility index (Phi) is 3.27. The van der Waals surface area contributed by atoms with E-state index in [1.54, 1.807) is 19.5 Å². The fourth-order valence-electron chi connectivity index (χ4n) is 1.52. The zero-order valence-corrected chi connectivity index (χ0v) is 10.2. The van der Waals surface area contributed by atoms with Crippen LogP contribution in [0.2, 0.25) is 0 Å². The van der Waals surface area contributed by atoms with E-state index in [-0.39, 0.29) is 6.04 Å². The topological polar surface area (TPSA) is 63.0 Å². The summed E-state index contributed by atoms with van der Waals surface area (Å²) in [5, 5.41) is 6.22. The molecule has 0 bridgehead atoms. The van der Waals surface area contributed by atoms with Gasteiger partial charge >= 0.3 is 0 Å². The van der Waals surface area contributed by atoms with Crippen molar-refractivity contribution in [2.75, 3.05) is 17.7 Å². The molecular weight excluding hydrogens is 216 g/mol. The molecule has 0 aliphatic rings. The lowest BCUT2D eigenvalue weighted by molar-refractivity contribution is 0.490. The van der Waals surface area contributed by atoms with Gasteiger partial charge in [0.05, 0.1) is 12.3 Å². The van der Waals surface area contributed by atoms with E-state index in [0.29, 0.717) is 5.95 Å². The number of nitrogens with one attached hydrogen (secondary N) is 2. The molecule has 2 aromatic heterocycles. The minimum absolute atomic E-state index is 0.0725. The molecule has 0 aliphatic carbocycles. The summed E-state index contributed by atoms with van der Waals surface area (Å²) in [4.78, 5) is 8.51. The molecule has 0 spiro atoms. The van der Waals surface area contributed by atoms with Gasteiger partial charge in [-0.05, 0) is 26.0 Å². The van der Waals surface area contributed by atoms with E-state index in [4.69, 9.17) is 4.42 Å². The van der Waals surface area contributed by atoms with Gasteiger partial charge in [-0.2, -0.15) is 4.98 Å². The Bertz CT molecular complexity index is 481. The average Bonchev–Trinajstić information content (AvgIpc) is 2.85. The Hall–Kier alpha value is -2.04. The molecule has 0 saturated carbocycles. The van der Waals surface area contributed by atoms with Crippen molar-refractivity contribution in [1.29, 1.82) is 0 Å². The third-order valence-electron chi connectivity index (χ3n) is 2.52. The van der Waals surface area contributed by atoms with E-state index in [1.165, 1.54) is 0 Å². The molecule has 2 N–H and O–H groups in total. The van der Waals surface area contributed by atoms with Crippen LogP contribution in [-0.2, 0) is 0 Å². The second-order valence-corrected chi connectivity index (χ2v) is 3.86. The number of anilines is 2. The van der Waals surface area contributed by atoms with Crippen molar-refractivity contribution in [1.82, 2.24) is 9.97 Å². The minimum Gasteiger partial charge on any atom is -0.467 e. The Labute approximate surface area is 100 Å². The summed E-state index contributed by atoms with van der Waals surface area (Å²) in [6.45, 7) is 4.00. The average molecular weight is 232 g/mol. The van der Waals surface area contributed by atoms with Gasteiger partial charge in [-0.15, -0.1) is 0 Å². The van der Waals surface area contributed by atoms with E-state index in [9.17, 15) is 0 Å². The number of aromatic nitrogens is 2. The fourth-order valence-corrected chi connectivity index (χ4v) is 1.52. The molecule has 2 heterocycles. The van der Waals surface area contributed by atoms with E-state index < -0.39 is 0 Å². The van der Waals surface area contributed by atoms with E-state index >= 15 is 0 Å². The molecule has 0 fully saturated rings. The van der Waals surface area contributed by atoms with Gasteiger partial charge in [-0.1, -0.05) is 0 Å². The van der Waals surface area contributed by atoms with Crippen molar-refractivity contribution in [2.24, 2.45) is 0 Å². The standard InChI is InChI=1S/C12H16N4O/c1-8-7-14-12(13-3)16-11(8)15-9(2)10-5-4-6-17-10/h4-7,9H,1-3H3,(H2,13,14,15,16). The molecule has 0 aromatic carbocycles. The van der Waals surface area contributed by atoms with Gasteiger partial charge in [-0.25, -0.2) is 4.98 Å². The van der Waals surface area contributed by atoms with Gasteiger partial charge in [-0.3, -0.25) is 0 Å². The van der Waals surface area contributed by atoms with Crippen LogP contribution < -0.4 is 10.6 Å². The van der Waals surface area contributed by atoms with Crippen LogP contribution in [0.5, 0.6) is 0 Å². The number of hydrogen-bond donors (Lipinski definition) is 2. The SMILES string of the molecule is CNc1ncc(C)c(NC(C)c2ccco2)n1. The Morgan fingerprint density at radius 2 is 2.24 bits per heavy atom. The van der Waals surface area contributed by atoms with Crippen LogP contribution in [-0.4, -0.2) is 17.0 Å². The molecule has 5 heteroatoms. The second-order valence-electron chi connectivity index (χ2n) is 3.86. The first-order valence-electron chi connectivity index (χ1n) is 5.52. The number of rotatable bonds is 4. The molecule has 2 rings (SSSR count). The van der Waals surface area contributed by atoms with Gasteiger partial charge in [0.1, 0.15) is 11.6 Å². The predicted molar refractivity (Wildman–Crippen MR) is 67.1 cm³/mol. The summed E-state index contributed by atoms with van der Waals surface area (Å²) in [7, 11) is 1.80. The van der Waals surface area contributed by atoms with Crippen molar-refractivity contribution < 1.29 is 4.42 Å². The minimum atomic E-state index is 0.0725. The van der Waals surface area contributed by atoms with Crippen molar-refractivity contribution in [3.05, 3.63) is 35.9 Å². The van der Waals surface area contributed by atoms with Gasteiger partial charge in [0.15, 0.2) is 0 Å². The lowest BCUT2D eigenvalue weighted by Gasteiger charge is -2.14. The number of aryl methyl sites for hydroxylation is 1. The van der Waals surface area contributed by atoms with Gasteiger partial charge in [0.2, 0.25) is 5.95 Å². The largest absolute Gasteiger partial charge is 0.467 e. The van der Waals surface area contributed by atoms with Crippen LogP contribution in [0.3, 0.4) is 0 Å². The Morgan fingerprint density at radius 1 is 1.41 bits per heavy atom. The molecule has 90 valence electrons. The molecule has 0 amide bonds. The third kappa shape index (κ3) is 2.55. The van der Waals surface area contributed by atoms with Crippen LogP contribution >= 0.6 is 0 Å². The highest BCUT2D eigenvalue weighted by atomic mass is 16.3. The fraction of sp³-hybridized carbons (Fsp3) is 0.333. The third-order valence-corrected chi connectivity index (χ3v) is 2.52. The maximum absolute atomic E-state index is 5.34. The quantitative estimate of drug-likeness (QED) is 0.848. The molecule has 0 radical (unpaired) electrons. The molecule has 1 atom stereocenters. The smallest absolute Gasteiger partial charge is 0.224 e. The lowest BCUT2D eigenvalue weighted by Crippen LogP contribution is -2.10. The first-order chi connectivity index (χ1) is 8.20.